The summed E-state index contributed by atoms with van der Waals surface area (Å²) in [6, 6.07) is 0. The van der Waals surface area contributed by atoms with Gasteiger partial charge in [-0.05, 0) is 64.2 Å². The number of ether oxygens (including phenoxy) is 1. The molecule has 0 aliphatic rings. The number of rotatable bonds is 16. The molecule has 0 aromatic heterocycles. The summed E-state index contributed by atoms with van der Waals surface area (Å²) in [7, 11) is 0. The highest BCUT2D eigenvalue weighted by Crippen LogP contribution is 2.15. The summed E-state index contributed by atoms with van der Waals surface area (Å²) in [5, 5.41) is 8.61. The van der Waals surface area contributed by atoms with Gasteiger partial charge in [-0.1, -0.05) is 38.2 Å². The first-order valence-corrected chi connectivity index (χ1v) is 9.81. The highest BCUT2D eigenvalue weighted by Gasteiger charge is 2.14. The molecule has 144 valence electrons. The third kappa shape index (κ3) is 17.0. The van der Waals surface area contributed by atoms with E-state index in [1.54, 1.807) is 0 Å². The minimum Gasteiger partial charge on any atom is -0.481 e. The van der Waals surface area contributed by atoms with Crippen molar-refractivity contribution in [2.45, 2.75) is 97.0 Å². The number of carboxylic acid groups (broad SMARTS) is 1. The Bertz CT molecular complexity index is 379. The van der Waals surface area contributed by atoms with Crippen molar-refractivity contribution in [1.29, 1.82) is 0 Å². The number of carboxylic acids is 1. The van der Waals surface area contributed by atoms with Gasteiger partial charge in [0.1, 0.15) is 6.10 Å². The Balaban J connectivity index is 4.15. The largest absolute Gasteiger partial charge is 0.481 e. The topological polar surface area (TPSA) is 63.6 Å². The summed E-state index contributed by atoms with van der Waals surface area (Å²) >= 11 is 0. The Labute approximate surface area is 153 Å². The van der Waals surface area contributed by atoms with Crippen LogP contribution in [0.2, 0.25) is 0 Å². The molecule has 0 atom stereocenters. The van der Waals surface area contributed by atoms with Gasteiger partial charge in [0.2, 0.25) is 0 Å². The van der Waals surface area contributed by atoms with E-state index in [2.05, 4.69) is 38.2 Å². The summed E-state index contributed by atoms with van der Waals surface area (Å²) in [6.45, 7) is 4.24. The van der Waals surface area contributed by atoms with Gasteiger partial charge in [0.25, 0.3) is 0 Å². The quantitative estimate of drug-likeness (QED) is 0.216. The van der Waals surface area contributed by atoms with Crippen molar-refractivity contribution < 1.29 is 19.4 Å². The fraction of sp³-hybridized carbons (Fsp3) is 0.714. The van der Waals surface area contributed by atoms with Gasteiger partial charge in [-0.15, -0.1) is 0 Å². The lowest BCUT2D eigenvalue weighted by molar-refractivity contribution is -0.150. The molecule has 0 aromatic carbocycles. The van der Waals surface area contributed by atoms with Crippen LogP contribution < -0.4 is 0 Å². The zero-order chi connectivity index (χ0) is 18.8. The number of esters is 1. The van der Waals surface area contributed by atoms with Crippen LogP contribution in [-0.4, -0.2) is 23.1 Å². The molecule has 0 heterocycles. The van der Waals surface area contributed by atoms with E-state index in [0.717, 1.165) is 51.4 Å². The maximum atomic E-state index is 12.0. The molecule has 0 aromatic rings. The lowest BCUT2D eigenvalue weighted by Crippen LogP contribution is -2.18. The SMILES string of the molecule is CC/C=C\CCCC(CCC/C=C\CC)OC(=O)CCCCC(=O)O. The molecule has 0 radical (unpaired) electrons. The Morgan fingerprint density at radius 2 is 1.36 bits per heavy atom. The normalized spacial score (nSPS) is 11.6. The number of carbonyl (C=O) groups is 2. The van der Waals surface area contributed by atoms with Gasteiger partial charge in [-0.3, -0.25) is 9.59 Å². The molecular weight excluding hydrogens is 316 g/mol. The van der Waals surface area contributed by atoms with E-state index < -0.39 is 5.97 Å². The summed E-state index contributed by atoms with van der Waals surface area (Å²) in [4.78, 5) is 22.5. The highest BCUT2D eigenvalue weighted by atomic mass is 16.5. The van der Waals surface area contributed by atoms with Crippen LogP contribution in [-0.2, 0) is 14.3 Å². The summed E-state index contributed by atoms with van der Waals surface area (Å²) < 4.78 is 5.64. The van der Waals surface area contributed by atoms with E-state index in [1.165, 1.54) is 0 Å². The average molecular weight is 353 g/mol. The van der Waals surface area contributed by atoms with Crippen molar-refractivity contribution in [2.75, 3.05) is 0 Å². The van der Waals surface area contributed by atoms with Crippen molar-refractivity contribution in [2.24, 2.45) is 0 Å². The molecule has 0 aliphatic heterocycles. The van der Waals surface area contributed by atoms with Crippen molar-refractivity contribution in [3.63, 3.8) is 0 Å². The highest BCUT2D eigenvalue weighted by molar-refractivity contribution is 5.70. The molecule has 0 fully saturated rings. The molecule has 25 heavy (non-hydrogen) atoms. The fourth-order valence-electron chi connectivity index (χ4n) is 2.55. The minimum absolute atomic E-state index is 0.0166. The van der Waals surface area contributed by atoms with E-state index in [0.29, 0.717) is 19.3 Å². The van der Waals surface area contributed by atoms with Crippen molar-refractivity contribution in [3.05, 3.63) is 24.3 Å². The molecule has 4 heteroatoms. The van der Waals surface area contributed by atoms with E-state index in [-0.39, 0.29) is 18.5 Å². The predicted octanol–water partition coefficient (Wildman–Crippen LogP) is 5.82. The van der Waals surface area contributed by atoms with Crippen molar-refractivity contribution in [3.8, 4) is 0 Å². The van der Waals surface area contributed by atoms with Crippen LogP contribution in [0.4, 0.5) is 0 Å². The lowest BCUT2D eigenvalue weighted by Gasteiger charge is -2.17. The first kappa shape index (κ1) is 23.4. The second-order valence-corrected chi connectivity index (χ2v) is 6.33. The summed E-state index contributed by atoms with van der Waals surface area (Å²) in [6.07, 6.45) is 18.2. The van der Waals surface area contributed by atoms with Crippen LogP contribution in [0.15, 0.2) is 24.3 Å². The Morgan fingerprint density at radius 1 is 0.840 bits per heavy atom. The van der Waals surface area contributed by atoms with Crippen LogP contribution >= 0.6 is 0 Å². The maximum absolute atomic E-state index is 12.0. The number of hydrogen-bond acceptors (Lipinski definition) is 3. The Kier molecular flexibility index (Phi) is 16.2. The Hall–Kier alpha value is -1.58. The van der Waals surface area contributed by atoms with Crippen LogP contribution in [0.1, 0.15) is 90.9 Å². The molecule has 0 bridgehead atoms. The molecular formula is C21H36O4. The van der Waals surface area contributed by atoms with E-state index in [4.69, 9.17) is 9.84 Å². The van der Waals surface area contributed by atoms with E-state index in [9.17, 15) is 9.59 Å². The van der Waals surface area contributed by atoms with Gasteiger partial charge in [-0.2, -0.15) is 0 Å². The van der Waals surface area contributed by atoms with E-state index >= 15 is 0 Å². The van der Waals surface area contributed by atoms with Gasteiger partial charge in [0.15, 0.2) is 0 Å². The van der Waals surface area contributed by atoms with Gasteiger partial charge < -0.3 is 9.84 Å². The van der Waals surface area contributed by atoms with Crippen LogP contribution in [0.3, 0.4) is 0 Å². The van der Waals surface area contributed by atoms with Crippen LogP contribution in [0.5, 0.6) is 0 Å². The Morgan fingerprint density at radius 3 is 1.84 bits per heavy atom. The molecule has 1 N–H and O–H groups in total. The lowest BCUT2D eigenvalue weighted by atomic mass is 10.0. The van der Waals surface area contributed by atoms with Crippen molar-refractivity contribution in [1.82, 2.24) is 0 Å². The number of carbonyl (C=O) groups excluding carboxylic acids is 1. The average Bonchev–Trinajstić information content (AvgIpc) is 2.58. The summed E-state index contributed by atoms with van der Waals surface area (Å²) in [5.41, 5.74) is 0. The molecule has 0 unspecified atom stereocenters. The van der Waals surface area contributed by atoms with Gasteiger partial charge in [0.05, 0.1) is 0 Å². The van der Waals surface area contributed by atoms with Gasteiger partial charge in [-0.25, -0.2) is 0 Å². The second kappa shape index (κ2) is 17.2. The molecule has 0 saturated carbocycles. The van der Waals surface area contributed by atoms with Crippen LogP contribution in [0, 0.1) is 0 Å². The smallest absolute Gasteiger partial charge is 0.306 e. The van der Waals surface area contributed by atoms with Crippen molar-refractivity contribution >= 4 is 11.9 Å². The molecule has 0 rings (SSSR count). The maximum Gasteiger partial charge on any atom is 0.306 e. The third-order valence-corrected chi connectivity index (χ3v) is 3.92. The minimum atomic E-state index is -0.813. The van der Waals surface area contributed by atoms with Gasteiger partial charge in [0, 0.05) is 12.8 Å². The standard InChI is InChI=1S/C21H36O4/c1-3-5-7-9-11-15-19(16-12-10-8-6-4-2)25-21(24)18-14-13-17-20(22)23/h5-8,19H,3-4,9-18H2,1-2H3,(H,22,23)/b7-5-,8-6-. The monoisotopic (exact) mass is 352 g/mol. The molecule has 4 nitrogen and oxygen atoms in total. The molecule has 0 aliphatic carbocycles. The number of aliphatic carboxylic acids is 1. The summed E-state index contributed by atoms with van der Waals surface area (Å²) in [5.74, 6) is -1.00. The molecule has 0 amide bonds. The molecule has 0 saturated heterocycles. The van der Waals surface area contributed by atoms with E-state index in [1.807, 2.05) is 0 Å². The fourth-order valence-corrected chi connectivity index (χ4v) is 2.55. The molecule has 0 spiro atoms. The second-order valence-electron chi connectivity index (χ2n) is 6.33. The number of hydrogen-bond donors (Lipinski definition) is 1. The van der Waals surface area contributed by atoms with Crippen LogP contribution in [0.25, 0.3) is 0 Å². The zero-order valence-electron chi connectivity index (χ0n) is 16.0. The number of unbranched alkanes of at least 4 members (excludes halogenated alkanes) is 3. The predicted molar refractivity (Wildman–Crippen MR) is 103 cm³/mol. The first-order chi connectivity index (χ1) is 12.1. The number of allylic oxidation sites excluding steroid dienone is 4. The zero-order valence-corrected chi connectivity index (χ0v) is 16.0. The van der Waals surface area contributed by atoms with Gasteiger partial charge >= 0.3 is 11.9 Å². The third-order valence-electron chi connectivity index (χ3n) is 3.92. The first-order valence-electron chi connectivity index (χ1n) is 9.81.